The number of carbonyl (C=O) groups is 2. The molecule has 2 aliphatic carbocycles. The van der Waals surface area contributed by atoms with E-state index in [0.29, 0.717) is 29.9 Å². The van der Waals surface area contributed by atoms with Gasteiger partial charge in [0.25, 0.3) is 0 Å². The molecule has 4 rings (SSSR count). The minimum atomic E-state index is -0.528. The lowest BCUT2D eigenvalue weighted by Gasteiger charge is -2.35. The van der Waals surface area contributed by atoms with Crippen LogP contribution in [0.3, 0.4) is 0 Å². The summed E-state index contributed by atoms with van der Waals surface area (Å²) in [7, 11) is 0. The van der Waals surface area contributed by atoms with E-state index < -0.39 is 5.92 Å². The van der Waals surface area contributed by atoms with Crippen molar-refractivity contribution in [3.8, 4) is 11.5 Å². The first kappa shape index (κ1) is 21.5. The van der Waals surface area contributed by atoms with Crippen LogP contribution in [0.25, 0.3) is 0 Å². The van der Waals surface area contributed by atoms with Gasteiger partial charge >= 0.3 is 5.97 Å². The fourth-order valence-corrected chi connectivity index (χ4v) is 4.97. The number of ether oxygens (including phenoxy) is 2. The molecule has 0 bridgehead atoms. The highest BCUT2D eigenvalue weighted by atomic mass is 16.5. The number of benzene rings is 1. The third kappa shape index (κ3) is 4.34. The first-order valence-corrected chi connectivity index (χ1v) is 11.4. The Balaban J connectivity index is 1.76. The molecule has 0 radical (unpaired) electrons. The third-order valence-corrected chi connectivity index (χ3v) is 6.44. The predicted octanol–water partition coefficient (Wildman–Crippen LogP) is 4.63. The van der Waals surface area contributed by atoms with Crippen molar-refractivity contribution in [1.29, 1.82) is 0 Å². The number of dihydropyridines is 1. The molecule has 31 heavy (non-hydrogen) atoms. The quantitative estimate of drug-likeness (QED) is 0.669. The number of hydrogen-bond acceptors (Lipinski definition) is 6. The van der Waals surface area contributed by atoms with E-state index in [-0.39, 0.29) is 23.6 Å². The fraction of sp³-hybridized carbons (Fsp3) is 0.520. The van der Waals surface area contributed by atoms with E-state index in [2.05, 4.69) is 5.32 Å². The van der Waals surface area contributed by atoms with Crippen molar-refractivity contribution < 1.29 is 24.2 Å². The molecule has 0 amide bonds. The van der Waals surface area contributed by atoms with Crippen LogP contribution in [0.4, 0.5) is 0 Å². The number of carbonyl (C=O) groups excluding carboxylic acids is 2. The molecular formula is C25H31NO5. The van der Waals surface area contributed by atoms with E-state index in [0.717, 1.165) is 55.5 Å². The molecule has 3 aliphatic rings. The highest BCUT2D eigenvalue weighted by molar-refractivity contribution is 6.03. The van der Waals surface area contributed by atoms with Crippen molar-refractivity contribution >= 4 is 11.8 Å². The molecule has 0 unspecified atom stereocenters. The van der Waals surface area contributed by atoms with Crippen LogP contribution in [0.1, 0.15) is 76.7 Å². The topological polar surface area (TPSA) is 84.9 Å². The van der Waals surface area contributed by atoms with Gasteiger partial charge < -0.3 is 19.9 Å². The van der Waals surface area contributed by atoms with E-state index in [1.807, 2.05) is 13.8 Å². The lowest BCUT2D eigenvalue weighted by molar-refractivity contribution is -0.146. The SMILES string of the molecule is CCOc1cc([C@H]2C(C(=O)OC3CCCCC3)=C(C)NC3=C2C(=O)CCC3)ccc1O. The van der Waals surface area contributed by atoms with Gasteiger partial charge in [0.05, 0.1) is 12.2 Å². The Hall–Kier alpha value is -2.76. The van der Waals surface area contributed by atoms with Gasteiger partial charge in [0.1, 0.15) is 6.10 Å². The van der Waals surface area contributed by atoms with Crippen molar-refractivity contribution in [2.45, 2.75) is 77.2 Å². The Labute approximate surface area is 183 Å². The number of Topliss-reactive ketones (excluding diaryl/α,β-unsaturated/α-hetero) is 1. The maximum absolute atomic E-state index is 13.4. The molecule has 0 aromatic heterocycles. The molecule has 1 aliphatic heterocycles. The van der Waals surface area contributed by atoms with Gasteiger partial charge in [-0.15, -0.1) is 0 Å². The molecular weight excluding hydrogens is 394 g/mol. The summed E-state index contributed by atoms with van der Waals surface area (Å²) >= 11 is 0. The summed E-state index contributed by atoms with van der Waals surface area (Å²) in [5.41, 5.74) is 3.48. The number of nitrogens with one attached hydrogen (secondary N) is 1. The maximum atomic E-state index is 13.4. The van der Waals surface area contributed by atoms with Gasteiger partial charge in [0.2, 0.25) is 0 Å². The fourth-order valence-electron chi connectivity index (χ4n) is 4.97. The Morgan fingerprint density at radius 3 is 2.68 bits per heavy atom. The second kappa shape index (κ2) is 9.16. The second-order valence-electron chi connectivity index (χ2n) is 8.59. The van der Waals surface area contributed by atoms with Crippen LogP contribution in [0.15, 0.2) is 40.7 Å². The molecule has 1 atom stereocenters. The molecule has 1 heterocycles. The van der Waals surface area contributed by atoms with Crippen molar-refractivity contribution in [1.82, 2.24) is 5.32 Å². The molecule has 1 saturated carbocycles. The number of esters is 1. The lowest BCUT2D eigenvalue weighted by Crippen LogP contribution is -2.35. The lowest BCUT2D eigenvalue weighted by atomic mass is 9.75. The molecule has 2 N–H and O–H groups in total. The number of ketones is 1. The van der Waals surface area contributed by atoms with Crippen molar-refractivity contribution in [3.63, 3.8) is 0 Å². The number of phenols is 1. The van der Waals surface area contributed by atoms with Crippen LogP contribution in [-0.2, 0) is 14.3 Å². The average Bonchev–Trinajstić information content (AvgIpc) is 2.75. The zero-order valence-corrected chi connectivity index (χ0v) is 18.3. The zero-order chi connectivity index (χ0) is 22.0. The van der Waals surface area contributed by atoms with Crippen molar-refractivity contribution in [3.05, 3.63) is 46.3 Å². The summed E-state index contributed by atoms with van der Waals surface area (Å²) in [6.45, 7) is 4.12. The summed E-state index contributed by atoms with van der Waals surface area (Å²) in [6, 6.07) is 5.07. The Morgan fingerprint density at radius 2 is 1.94 bits per heavy atom. The van der Waals surface area contributed by atoms with Gasteiger partial charge in [0, 0.05) is 29.3 Å². The highest BCUT2D eigenvalue weighted by Crippen LogP contribution is 2.44. The number of phenolic OH excluding ortho intramolecular Hbond substituents is 1. The number of allylic oxidation sites excluding steroid dienone is 3. The minimum Gasteiger partial charge on any atom is -0.504 e. The van der Waals surface area contributed by atoms with E-state index in [1.165, 1.54) is 6.42 Å². The Kier molecular flexibility index (Phi) is 6.35. The third-order valence-electron chi connectivity index (χ3n) is 6.44. The van der Waals surface area contributed by atoms with Crippen LogP contribution >= 0.6 is 0 Å². The van der Waals surface area contributed by atoms with Crippen LogP contribution in [0.2, 0.25) is 0 Å². The molecule has 0 spiro atoms. The monoisotopic (exact) mass is 425 g/mol. The van der Waals surface area contributed by atoms with Crippen molar-refractivity contribution in [2.75, 3.05) is 6.61 Å². The molecule has 0 saturated heterocycles. The van der Waals surface area contributed by atoms with E-state index in [4.69, 9.17) is 9.47 Å². The first-order chi connectivity index (χ1) is 15.0. The highest BCUT2D eigenvalue weighted by Gasteiger charge is 2.40. The molecule has 1 fully saturated rings. The van der Waals surface area contributed by atoms with E-state index in [9.17, 15) is 14.7 Å². The molecule has 166 valence electrons. The summed E-state index contributed by atoms with van der Waals surface area (Å²) in [5.74, 6) is -0.449. The first-order valence-electron chi connectivity index (χ1n) is 11.4. The molecule has 1 aromatic carbocycles. The largest absolute Gasteiger partial charge is 0.504 e. The van der Waals surface area contributed by atoms with E-state index >= 15 is 0 Å². The number of rotatable bonds is 5. The van der Waals surface area contributed by atoms with Gasteiger partial charge in [-0.2, -0.15) is 0 Å². The standard InChI is InChI=1S/C25H31NO5/c1-3-30-21-14-16(12-13-19(21)27)23-22(25(29)31-17-8-5-4-6-9-17)15(2)26-18-10-7-11-20(28)24(18)23/h12-14,17,23,26-27H,3-11H2,1-2H3/t23-/m0/s1. The Bertz CT molecular complexity index is 939. The summed E-state index contributed by atoms with van der Waals surface area (Å²) in [5, 5.41) is 13.5. The predicted molar refractivity (Wildman–Crippen MR) is 117 cm³/mol. The van der Waals surface area contributed by atoms with Gasteiger partial charge in [-0.3, -0.25) is 4.79 Å². The smallest absolute Gasteiger partial charge is 0.337 e. The number of hydrogen-bond donors (Lipinski definition) is 2. The minimum absolute atomic E-state index is 0.0377. The average molecular weight is 426 g/mol. The number of aromatic hydroxyl groups is 1. The van der Waals surface area contributed by atoms with Crippen LogP contribution in [0.5, 0.6) is 11.5 Å². The van der Waals surface area contributed by atoms with Gasteiger partial charge in [-0.1, -0.05) is 12.5 Å². The normalized spacial score (nSPS) is 22.1. The Morgan fingerprint density at radius 1 is 1.16 bits per heavy atom. The molecule has 1 aromatic rings. The summed E-state index contributed by atoms with van der Waals surface area (Å²) in [4.78, 5) is 26.4. The zero-order valence-electron chi connectivity index (χ0n) is 18.3. The van der Waals surface area contributed by atoms with Gasteiger partial charge in [-0.05, 0) is 70.1 Å². The summed E-state index contributed by atoms with van der Waals surface area (Å²) < 4.78 is 11.5. The van der Waals surface area contributed by atoms with Crippen molar-refractivity contribution in [2.24, 2.45) is 0 Å². The van der Waals surface area contributed by atoms with Gasteiger partial charge in [0.15, 0.2) is 17.3 Å². The molecule has 6 nitrogen and oxygen atoms in total. The van der Waals surface area contributed by atoms with Gasteiger partial charge in [-0.25, -0.2) is 4.79 Å². The molecule has 6 heteroatoms. The maximum Gasteiger partial charge on any atom is 0.337 e. The van der Waals surface area contributed by atoms with Crippen LogP contribution in [-0.4, -0.2) is 29.6 Å². The van der Waals surface area contributed by atoms with Crippen LogP contribution < -0.4 is 10.1 Å². The second-order valence-corrected chi connectivity index (χ2v) is 8.59. The van der Waals surface area contributed by atoms with Crippen LogP contribution in [0, 0.1) is 0 Å². The van der Waals surface area contributed by atoms with E-state index in [1.54, 1.807) is 18.2 Å². The summed E-state index contributed by atoms with van der Waals surface area (Å²) in [6.07, 6.45) is 7.06.